The molecule has 1 N–H and O–H groups in total. The quantitative estimate of drug-likeness (QED) is 0.928. The fourth-order valence-electron chi connectivity index (χ4n) is 2.84. The summed E-state index contributed by atoms with van der Waals surface area (Å²) in [6.07, 6.45) is 0.686. The molecule has 104 valence electrons. The van der Waals surface area contributed by atoms with Crippen LogP contribution in [0.15, 0.2) is 54.6 Å². The molecule has 1 heterocycles. The van der Waals surface area contributed by atoms with Crippen molar-refractivity contribution in [1.29, 1.82) is 0 Å². The van der Waals surface area contributed by atoms with Gasteiger partial charge in [0, 0.05) is 19.6 Å². The summed E-state index contributed by atoms with van der Waals surface area (Å²) < 4.78 is 13.0. The van der Waals surface area contributed by atoms with Gasteiger partial charge in [-0.1, -0.05) is 42.5 Å². The molecule has 2 aromatic rings. The number of hydrogen-bond acceptors (Lipinski definition) is 2. The van der Waals surface area contributed by atoms with E-state index in [4.69, 9.17) is 0 Å². The van der Waals surface area contributed by atoms with Gasteiger partial charge in [0.1, 0.15) is 11.4 Å². The van der Waals surface area contributed by atoms with Crippen molar-refractivity contribution in [2.24, 2.45) is 0 Å². The predicted octanol–water partition coefficient (Wildman–Crippen LogP) is 2.92. The van der Waals surface area contributed by atoms with Crippen LogP contribution in [0.4, 0.5) is 4.39 Å². The van der Waals surface area contributed by atoms with Gasteiger partial charge in [-0.15, -0.1) is 0 Å². The van der Waals surface area contributed by atoms with Crippen molar-refractivity contribution in [3.05, 3.63) is 71.5 Å². The Hall–Kier alpha value is -1.71. The highest BCUT2D eigenvalue weighted by Gasteiger charge is 2.37. The minimum Gasteiger partial charge on any atom is -0.384 e. The lowest BCUT2D eigenvalue weighted by molar-refractivity contribution is 0.0452. The van der Waals surface area contributed by atoms with Gasteiger partial charge in [-0.05, 0) is 29.7 Å². The molecule has 0 saturated carbocycles. The number of halogens is 1. The third-order valence-electron chi connectivity index (χ3n) is 3.96. The maximum Gasteiger partial charge on any atom is 0.123 e. The van der Waals surface area contributed by atoms with Crippen molar-refractivity contribution >= 4 is 0 Å². The molecule has 1 saturated heterocycles. The molecule has 1 aliphatic rings. The summed E-state index contributed by atoms with van der Waals surface area (Å²) in [5, 5.41) is 10.7. The Morgan fingerprint density at radius 3 is 2.45 bits per heavy atom. The van der Waals surface area contributed by atoms with E-state index in [1.807, 2.05) is 18.2 Å². The number of likely N-dealkylation sites (tertiary alicyclic amines) is 1. The van der Waals surface area contributed by atoms with Crippen LogP contribution >= 0.6 is 0 Å². The van der Waals surface area contributed by atoms with Gasteiger partial charge in [0.15, 0.2) is 0 Å². The van der Waals surface area contributed by atoms with E-state index in [1.165, 1.54) is 17.7 Å². The summed E-state index contributed by atoms with van der Waals surface area (Å²) in [5.74, 6) is -0.267. The van der Waals surface area contributed by atoms with Crippen LogP contribution in [0.25, 0.3) is 0 Å². The Bertz CT molecular complexity index is 569. The lowest BCUT2D eigenvalue weighted by Crippen LogP contribution is -2.30. The van der Waals surface area contributed by atoms with Gasteiger partial charge in [-0.3, -0.25) is 4.90 Å². The van der Waals surface area contributed by atoms with Gasteiger partial charge in [-0.2, -0.15) is 0 Å². The third-order valence-corrected chi connectivity index (χ3v) is 3.96. The first-order valence-electron chi connectivity index (χ1n) is 6.90. The Labute approximate surface area is 118 Å². The zero-order valence-electron chi connectivity index (χ0n) is 11.3. The molecule has 0 unspecified atom stereocenters. The Morgan fingerprint density at radius 1 is 1.05 bits per heavy atom. The van der Waals surface area contributed by atoms with Crippen molar-refractivity contribution in [3.63, 3.8) is 0 Å². The normalized spacial score (nSPS) is 23.1. The summed E-state index contributed by atoms with van der Waals surface area (Å²) in [7, 11) is 0. The summed E-state index contributed by atoms with van der Waals surface area (Å²) in [5.41, 5.74) is 1.19. The second-order valence-corrected chi connectivity index (χ2v) is 5.48. The average molecular weight is 271 g/mol. The van der Waals surface area contributed by atoms with Crippen LogP contribution in [0.3, 0.4) is 0 Å². The highest BCUT2D eigenvalue weighted by atomic mass is 19.1. The van der Waals surface area contributed by atoms with E-state index in [9.17, 15) is 9.50 Å². The number of hydrogen-bond donors (Lipinski definition) is 1. The second-order valence-electron chi connectivity index (χ2n) is 5.48. The molecule has 1 fully saturated rings. The van der Waals surface area contributed by atoms with Gasteiger partial charge in [0.05, 0.1) is 0 Å². The van der Waals surface area contributed by atoms with Gasteiger partial charge in [-0.25, -0.2) is 4.39 Å². The summed E-state index contributed by atoms with van der Waals surface area (Å²) in [6.45, 7) is 2.28. The Morgan fingerprint density at radius 2 is 1.75 bits per heavy atom. The highest BCUT2D eigenvalue weighted by Crippen LogP contribution is 2.32. The van der Waals surface area contributed by atoms with Crippen molar-refractivity contribution in [2.45, 2.75) is 18.6 Å². The van der Waals surface area contributed by atoms with Gasteiger partial charge in [0.25, 0.3) is 0 Å². The van der Waals surface area contributed by atoms with E-state index in [0.717, 1.165) is 18.7 Å². The van der Waals surface area contributed by atoms with Crippen molar-refractivity contribution in [3.8, 4) is 0 Å². The zero-order chi connectivity index (χ0) is 14.0. The largest absolute Gasteiger partial charge is 0.384 e. The average Bonchev–Trinajstić information content (AvgIpc) is 2.83. The van der Waals surface area contributed by atoms with E-state index in [2.05, 4.69) is 17.0 Å². The minimum atomic E-state index is -0.859. The number of aliphatic hydroxyl groups is 1. The maximum absolute atomic E-state index is 13.0. The zero-order valence-corrected chi connectivity index (χ0v) is 11.3. The van der Waals surface area contributed by atoms with Crippen LogP contribution in [0.2, 0.25) is 0 Å². The lowest BCUT2D eigenvalue weighted by atomic mass is 9.93. The third kappa shape index (κ3) is 2.74. The first-order valence-corrected chi connectivity index (χ1v) is 6.90. The monoisotopic (exact) mass is 271 g/mol. The van der Waals surface area contributed by atoms with Crippen LogP contribution in [0, 0.1) is 5.82 Å². The van der Waals surface area contributed by atoms with E-state index in [0.29, 0.717) is 13.0 Å². The van der Waals surface area contributed by atoms with Crippen molar-refractivity contribution < 1.29 is 9.50 Å². The molecule has 1 aliphatic heterocycles. The van der Waals surface area contributed by atoms with Crippen molar-refractivity contribution in [2.75, 3.05) is 13.1 Å². The molecule has 0 aromatic heterocycles. The number of nitrogens with zero attached hydrogens (tertiary/aromatic N) is 1. The summed E-state index contributed by atoms with van der Waals surface area (Å²) in [4.78, 5) is 2.23. The molecule has 0 amide bonds. The van der Waals surface area contributed by atoms with Gasteiger partial charge >= 0.3 is 0 Å². The molecule has 0 spiro atoms. The van der Waals surface area contributed by atoms with Crippen LogP contribution in [-0.4, -0.2) is 23.1 Å². The predicted molar refractivity (Wildman–Crippen MR) is 76.6 cm³/mol. The van der Waals surface area contributed by atoms with Crippen molar-refractivity contribution in [1.82, 2.24) is 4.90 Å². The fraction of sp³-hybridized carbons (Fsp3) is 0.294. The van der Waals surface area contributed by atoms with E-state index in [1.54, 1.807) is 12.1 Å². The number of benzene rings is 2. The molecule has 3 rings (SSSR count). The topological polar surface area (TPSA) is 23.5 Å². The summed E-state index contributed by atoms with van der Waals surface area (Å²) >= 11 is 0. The van der Waals surface area contributed by atoms with Crippen LogP contribution in [0.5, 0.6) is 0 Å². The molecule has 3 heteroatoms. The molecule has 1 atom stereocenters. The lowest BCUT2D eigenvalue weighted by Gasteiger charge is -2.24. The first-order chi connectivity index (χ1) is 9.66. The van der Waals surface area contributed by atoms with Gasteiger partial charge in [0.2, 0.25) is 0 Å². The number of β-amino-alcohol motifs (C(OH)–C–C–N with tert-alkyl or cyclic N) is 1. The molecule has 0 bridgehead atoms. The Balaban J connectivity index is 1.71. The minimum absolute atomic E-state index is 0.267. The molecular weight excluding hydrogens is 253 g/mol. The second kappa shape index (κ2) is 5.35. The smallest absolute Gasteiger partial charge is 0.123 e. The van der Waals surface area contributed by atoms with E-state index in [-0.39, 0.29) is 5.82 Å². The molecule has 2 aromatic carbocycles. The van der Waals surface area contributed by atoms with Crippen LogP contribution < -0.4 is 0 Å². The van der Waals surface area contributed by atoms with Gasteiger partial charge < -0.3 is 5.11 Å². The van der Waals surface area contributed by atoms with Crippen LogP contribution in [0.1, 0.15) is 17.5 Å². The van der Waals surface area contributed by atoms with E-state index < -0.39 is 5.60 Å². The summed E-state index contributed by atoms with van der Waals surface area (Å²) in [6, 6.07) is 16.4. The fourth-order valence-corrected chi connectivity index (χ4v) is 2.84. The Kier molecular flexibility index (Phi) is 3.55. The van der Waals surface area contributed by atoms with Crippen LogP contribution in [-0.2, 0) is 12.1 Å². The molecule has 0 aliphatic carbocycles. The maximum atomic E-state index is 13.0. The number of rotatable bonds is 3. The molecule has 0 radical (unpaired) electrons. The highest BCUT2D eigenvalue weighted by molar-refractivity contribution is 5.25. The molecule has 20 heavy (non-hydrogen) atoms. The first kappa shape index (κ1) is 13.3. The SMILES string of the molecule is O[C@@]1(c2ccc(F)cc2)CCN(Cc2ccccc2)C1. The standard InChI is InChI=1S/C17H18FNO/c18-16-8-6-15(7-9-16)17(20)10-11-19(13-17)12-14-4-2-1-3-5-14/h1-9,20H,10-13H2/t17-/m0/s1. The molecule has 2 nitrogen and oxygen atoms in total. The molecular formula is C17H18FNO. The van der Waals surface area contributed by atoms with E-state index >= 15 is 0 Å².